The molecule has 108 valence electrons. The molecule has 0 aromatic carbocycles. The lowest BCUT2D eigenvalue weighted by Crippen LogP contribution is -2.56. The van der Waals surface area contributed by atoms with Gasteiger partial charge in [0.25, 0.3) is 0 Å². The molecule has 3 saturated carbocycles. The van der Waals surface area contributed by atoms with E-state index in [1.54, 1.807) is 0 Å². The molecule has 3 aliphatic carbocycles. The molecule has 2 aromatic rings. The highest BCUT2D eigenvalue weighted by molar-refractivity contribution is 5.99. The van der Waals surface area contributed by atoms with Crippen LogP contribution in [0.25, 0.3) is 5.65 Å². The number of aliphatic imine (C=N–C) groups is 1. The molecule has 21 heavy (non-hydrogen) atoms. The molecule has 0 saturated heterocycles. The highest BCUT2D eigenvalue weighted by Gasteiger charge is 2.49. The van der Waals surface area contributed by atoms with Crippen LogP contribution < -0.4 is 10.9 Å². The summed E-state index contributed by atoms with van der Waals surface area (Å²) in [6.07, 6.45) is 12.5. The van der Waals surface area contributed by atoms with E-state index in [4.69, 9.17) is 4.99 Å². The fourth-order valence-electron chi connectivity index (χ4n) is 4.36. The van der Waals surface area contributed by atoms with Crippen molar-refractivity contribution in [3.8, 4) is 0 Å². The first kappa shape index (κ1) is 11.7. The summed E-state index contributed by atoms with van der Waals surface area (Å²) in [6.45, 7) is 0. The van der Waals surface area contributed by atoms with E-state index in [1.807, 2.05) is 22.9 Å². The predicted octanol–water partition coefficient (Wildman–Crippen LogP) is 2.10. The van der Waals surface area contributed by atoms with Crippen LogP contribution >= 0.6 is 0 Å². The van der Waals surface area contributed by atoms with Gasteiger partial charge >= 0.3 is 0 Å². The monoisotopic (exact) mass is 281 g/mol. The van der Waals surface area contributed by atoms with Crippen LogP contribution in [0.2, 0.25) is 0 Å². The van der Waals surface area contributed by atoms with Crippen LogP contribution in [0.1, 0.15) is 37.7 Å². The Labute approximate surface area is 123 Å². The number of hydrazine groups is 1. The zero-order valence-electron chi connectivity index (χ0n) is 11.9. The summed E-state index contributed by atoms with van der Waals surface area (Å²) in [4.78, 5) is 9.37. The summed E-state index contributed by atoms with van der Waals surface area (Å²) >= 11 is 0. The number of fused-ring (bicyclic) bond motifs is 3. The molecule has 5 heteroatoms. The van der Waals surface area contributed by atoms with Crippen molar-refractivity contribution in [1.82, 2.24) is 20.2 Å². The number of rotatable bonds is 1. The molecule has 6 rings (SSSR count). The van der Waals surface area contributed by atoms with Gasteiger partial charge in [-0.05, 0) is 56.1 Å². The Balaban J connectivity index is 1.53. The second-order valence-electron chi connectivity index (χ2n) is 6.67. The third-order valence-corrected chi connectivity index (χ3v) is 5.49. The van der Waals surface area contributed by atoms with Crippen LogP contribution in [0.4, 0.5) is 0 Å². The number of nitrogens with one attached hydrogen (secondary N) is 2. The largest absolute Gasteiger partial charge is 0.306 e. The molecule has 3 fully saturated rings. The molecule has 2 N–H and O–H groups in total. The first-order valence-corrected chi connectivity index (χ1v) is 7.89. The van der Waals surface area contributed by atoms with E-state index >= 15 is 0 Å². The third kappa shape index (κ3) is 1.67. The van der Waals surface area contributed by atoms with E-state index < -0.39 is 0 Å². The van der Waals surface area contributed by atoms with Gasteiger partial charge in [0.15, 0.2) is 0 Å². The van der Waals surface area contributed by atoms with E-state index in [0.717, 1.165) is 23.0 Å². The van der Waals surface area contributed by atoms with Crippen molar-refractivity contribution in [1.29, 1.82) is 0 Å². The quantitative estimate of drug-likeness (QED) is 0.841. The van der Waals surface area contributed by atoms with Crippen molar-refractivity contribution in [2.45, 2.75) is 37.8 Å². The Morgan fingerprint density at radius 1 is 1.19 bits per heavy atom. The standard InChI is InChI=1S/C16H19N5/c1-4-13-5-2-11(1)9-16(13)18-15(19-20-16)12-3-6-14-17-7-8-21(14)10-12/h3,6-8,10-11,13,20H,1-2,4-5,9H2,(H,18,19)/t11?,13?,16-/m0/s1. The molecule has 0 amide bonds. The van der Waals surface area contributed by atoms with Gasteiger partial charge in [0, 0.05) is 24.2 Å². The molecule has 1 aliphatic heterocycles. The first-order chi connectivity index (χ1) is 10.3. The lowest BCUT2D eigenvalue weighted by molar-refractivity contribution is 0.0506. The minimum absolute atomic E-state index is 0.0552. The van der Waals surface area contributed by atoms with Crippen molar-refractivity contribution >= 4 is 11.5 Å². The van der Waals surface area contributed by atoms with Crippen LogP contribution in [0.3, 0.4) is 0 Å². The summed E-state index contributed by atoms with van der Waals surface area (Å²) < 4.78 is 2.04. The molecule has 1 atom stereocenters. The summed E-state index contributed by atoms with van der Waals surface area (Å²) in [7, 11) is 0. The maximum atomic E-state index is 5.08. The van der Waals surface area contributed by atoms with E-state index in [2.05, 4.69) is 28.1 Å². The minimum Gasteiger partial charge on any atom is -0.306 e. The Hall–Kier alpha value is -1.88. The Morgan fingerprint density at radius 3 is 2.90 bits per heavy atom. The van der Waals surface area contributed by atoms with Crippen molar-refractivity contribution in [2.75, 3.05) is 0 Å². The lowest BCUT2D eigenvalue weighted by atomic mass is 9.65. The highest BCUT2D eigenvalue weighted by Crippen LogP contribution is 2.48. The van der Waals surface area contributed by atoms with Crippen LogP contribution in [-0.4, -0.2) is 20.9 Å². The second-order valence-corrected chi connectivity index (χ2v) is 6.67. The highest BCUT2D eigenvalue weighted by atomic mass is 15.5. The molecule has 0 radical (unpaired) electrons. The van der Waals surface area contributed by atoms with Crippen molar-refractivity contribution in [2.24, 2.45) is 16.8 Å². The molecule has 2 bridgehead atoms. The number of pyridine rings is 1. The average molecular weight is 281 g/mol. The zero-order valence-corrected chi connectivity index (χ0v) is 11.9. The number of hydrogen-bond donors (Lipinski definition) is 2. The molecule has 3 heterocycles. The number of nitrogens with zero attached hydrogens (tertiary/aromatic N) is 3. The zero-order chi connectivity index (χ0) is 13.9. The van der Waals surface area contributed by atoms with Gasteiger partial charge in [0.2, 0.25) is 0 Å². The van der Waals surface area contributed by atoms with Gasteiger partial charge in [-0.15, -0.1) is 0 Å². The molecule has 0 unspecified atom stereocenters. The normalized spacial score (nSPS) is 34.4. The minimum atomic E-state index is -0.0552. The third-order valence-electron chi connectivity index (χ3n) is 5.49. The summed E-state index contributed by atoms with van der Waals surface area (Å²) in [5.41, 5.74) is 8.89. The van der Waals surface area contributed by atoms with Gasteiger partial charge in [-0.2, -0.15) is 0 Å². The molecular formula is C16H19N5. The molecule has 4 aliphatic rings. The van der Waals surface area contributed by atoms with E-state index in [0.29, 0.717) is 5.92 Å². The molecular weight excluding hydrogens is 262 g/mol. The van der Waals surface area contributed by atoms with Gasteiger partial charge in [0.05, 0.1) is 0 Å². The maximum absolute atomic E-state index is 5.08. The fourth-order valence-corrected chi connectivity index (χ4v) is 4.36. The summed E-state index contributed by atoms with van der Waals surface area (Å²) in [5.74, 6) is 2.51. The Kier molecular flexibility index (Phi) is 2.28. The SMILES string of the molecule is c1cn2cc(C3=N[C@@]4(CC5CCC4CC5)NN3)ccc2n1. The average Bonchev–Trinajstić information content (AvgIpc) is 3.15. The number of amidine groups is 1. The summed E-state index contributed by atoms with van der Waals surface area (Å²) in [6, 6.07) is 4.13. The molecule has 5 nitrogen and oxygen atoms in total. The van der Waals surface area contributed by atoms with E-state index in [1.165, 1.54) is 32.1 Å². The van der Waals surface area contributed by atoms with Gasteiger partial charge in [-0.1, -0.05) is 0 Å². The van der Waals surface area contributed by atoms with Crippen LogP contribution in [-0.2, 0) is 0 Å². The smallest absolute Gasteiger partial charge is 0.146 e. The predicted molar refractivity (Wildman–Crippen MR) is 80.8 cm³/mol. The first-order valence-electron chi connectivity index (χ1n) is 7.89. The van der Waals surface area contributed by atoms with Crippen molar-refractivity contribution in [3.05, 3.63) is 36.3 Å². The number of aromatic nitrogens is 2. The topological polar surface area (TPSA) is 53.7 Å². The van der Waals surface area contributed by atoms with Crippen molar-refractivity contribution in [3.63, 3.8) is 0 Å². The number of imidazole rings is 1. The van der Waals surface area contributed by atoms with Crippen LogP contribution in [0.5, 0.6) is 0 Å². The molecule has 1 spiro atoms. The fraction of sp³-hybridized carbons (Fsp3) is 0.500. The van der Waals surface area contributed by atoms with E-state index in [-0.39, 0.29) is 5.66 Å². The van der Waals surface area contributed by atoms with E-state index in [9.17, 15) is 0 Å². The maximum Gasteiger partial charge on any atom is 0.146 e. The van der Waals surface area contributed by atoms with Gasteiger partial charge in [-0.3, -0.25) is 0 Å². The Bertz CT molecular complexity index is 725. The van der Waals surface area contributed by atoms with Crippen LogP contribution in [0.15, 0.2) is 35.7 Å². The molecule has 2 aromatic heterocycles. The van der Waals surface area contributed by atoms with Crippen LogP contribution in [0, 0.1) is 11.8 Å². The second kappa shape index (κ2) is 4.07. The summed E-state index contributed by atoms with van der Waals surface area (Å²) in [5, 5.41) is 0. The Morgan fingerprint density at radius 2 is 2.10 bits per heavy atom. The lowest BCUT2D eigenvalue weighted by Gasteiger charge is -2.47. The van der Waals surface area contributed by atoms with Gasteiger partial charge in [0.1, 0.15) is 17.1 Å². The van der Waals surface area contributed by atoms with Gasteiger partial charge in [-0.25, -0.2) is 15.4 Å². The number of hydrogen-bond acceptors (Lipinski definition) is 4. The van der Waals surface area contributed by atoms with Crippen molar-refractivity contribution < 1.29 is 0 Å². The van der Waals surface area contributed by atoms with Gasteiger partial charge < -0.3 is 9.83 Å².